The molecule has 1 fully saturated rings. The van der Waals surface area contributed by atoms with Crippen molar-refractivity contribution in [1.82, 2.24) is 9.97 Å². The molecule has 0 N–H and O–H groups in total. The largest absolute Gasteiger partial charge is 0.417 e. The Morgan fingerprint density at radius 1 is 0.943 bits per heavy atom. The van der Waals surface area contributed by atoms with E-state index < -0.39 is 23.7 Å². The number of anilines is 4. The van der Waals surface area contributed by atoms with E-state index in [1.807, 2.05) is 25.3 Å². The van der Waals surface area contributed by atoms with Gasteiger partial charge in [0.15, 0.2) is 0 Å². The van der Waals surface area contributed by atoms with E-state index in [-0.39, 0.29) is 12.2 Å². The van der Waals surface area contributed by atoms with Crippen molar-refractivity contribution >= 4 is 34.7 Å². The minimum absolute atomic E-state index is 0.0773. The molecule has 0 unspecified atom stereocenters. The molecule has 0 saturated carbocycles. The number of imide groups is 1. The maximum Gasteiger partial charge on any atom is 0.417 e. The summed E-state index contributed by atoms with van der Waals surface area (Å²) >= 11 is 0. The Morgan fingerprint density at radius 3 is 2.54 bits per heavy atom. The van der Waals surface area contributed by atoms with Crippen LogP contribution in [0.2, 0.25) is 0 Å². The van der Waals surface area contributed by atoms with Crippen molar-refractivity contribution in [3.05, 3.63) is 71.8 Å². The van der Waals surface area contributed by atoms with Crippen molar-refractivity contribution in [2.45, 2.75) is 32.4 Å². The van der Waals surface area contributed by atoms with Crippen molar-refractivity contribution in [3.8, 4) is 0 Å². The van der Waals surface area contributed by atoms with Crippen molar-refractivity contribution in [2.24, 2.45) is 0 Å². The molecule has 3 aromatic rings. The number of alkyl halides is 3. The standard InChI is InChI=1S/C25H22F3N5O2/c1-2-16-10-19(5-6-21(16)31-9-3-4-17-12-29-8-7-22(17)31)33-23(34)15-32(24(33)35)20-11-18(13-30-14-20)25(26,27)28/h5-8,10-14H,2-4,9,15H2,1H3. The van der Waals surface area contributed by atoms with Crippen molar-refractivity contribution in [1.29, 1.82) is 0 Å². The van der Waals surface area contributed by atoms with Gasteiger partial charge in [-0.3, -0.25) is 19.7 Å². The number of fused-ring (bicyclic) bond motifs is 1. The molecule has 3 amide bonds. The number of aromatic nitrogens is 2. The second-order valence-electron chi connectivity index (χ2n) is 8.45. The van der Waals surface area contributed by atoms with Crippen LogP contribution in [-0.4, -0.2) is 35.0 Å². The van der Waals surface area contributed by atoms with E-state index in [0.717, 1.165) is 58.4 Å². The molecule has 0 radical (unpaired) electrons. The SMILES string of the molecule is CCc1cc(N2C(=O)CN(c3cncc(C(F)(F)F)c3)C2=O)ccc1N1CCCc2cnccc21. The van der Waals surface area contributed by atoms with Crippen molar-refractivity contribution in [2.75, 3.05) is 27.8 Å². The molecule has 35 heavy (non-hydrogen) atoms. The molecule has 2 aliphatic heterocycles. The third-order valence-electron chi connectivity index (χ3n) is 6.32. The average Bonchev–Trinajstić information content (AvgIpc) is 3.16. The first-order valence-corrected chi connectivity index (χ1v) is 11.3. The number of urea groups is 1. The van der Waals surface area contributed by atoms with E-state index in [4.69, 9.17) is 0 Å². The Bertz CT molecular complexity index is 1310. The average molecular weight is 481 g/mol. The zero-order chi connectivity index (χ0) is 24.7. The smallest absolute Gasteiger partial charge is 0.341 e. The second kappa shape index (κ2) is 8.68. The third-order valence-corrected chi connectivity index (χ3v) is 6.32. The topological polar surface area (TPSA) is 69.6 Å². The number of halogens is 3. The number of carbonyl (C=O) groups is 2. The fourth-order valence-electron chi connectivity index (χ4n) is 4.62. The summed E-state index contributed by atoms with van der Waals surface area (Å²) in [6.07, 6.45) is 3.46. The van der Waals surface area contributed by atoms with E-state index in [1.54, 1.807) is 18.3 Å². The highest BCUT2D eigenvalue weighted by molar-refractivity contribution is 6.27. The molecule has 0 spiro atoms. The molecule has 5 rings (SSSR count). The zero-order valence-corrected chi connectivity index (χ0v) is 18.9. The van der Waals surface area contributed by atoms with Gasteiger partial charge in [0.05, 0.1) is 23.1 Å². The van der Waals surface area contributed by atoms with E-state index in [1.165, 1.54) is 5.56 Å². The summed E-state index contributed by atoms with van der Waals surface area (Å²) in [5, 5.41) is 0. The Balaban J connectivity index is 1.46. The first kappa shape index (κ1) is 22.8. The molecular formula is C25H22F3N5O2. The van der Waals surface area contributed by atoms with Gasteiger partial charge >= 0.3 is 12.2 Å². The zero-order valence-electron chi connectivity index (χ0n) is 18.9. The van der Waals surface area contributed by atoms with Crippen LogP contribution in [0.3, 0.4) is 0 Å². The first-order valence-electron chi connectivity index (χ1n) is 11.3. The summed E-state index contributed by atoms with van der Waals surface area (Å²) in [7, 11) is 0. The summed E-state index contributed by atoms with van der Waals surface area (Å²) in [4.78, 5) is 38.0. The van der Waals surface area contributed by atoms with Crippen LogP contribution in [0.4, 0.5) is 40.7 Å². The Labute approximate surface area is 199 Å². The summed E-state index contributed by atoms with van der Waals surface area (Å²) in [6, 6.07) is 7.49. The van der Waals surface area contributed by atoms with Gasteiger partial charge in [0.1, 0.15) is 6.54 Å². The van der Waals surface area contributed by atoms with Crippen LogP contribution in [0.15, 0.2) is 55.1 Å². The van der Waals surface area contributed by atoms with Crippen LogP contribution >= 0.6 is 0 Å². The van der Waals surface area contributed by atoms with Crippen molar-refractivity contribution < 1.29 is 22.8 Å². The fraction of sp³-hybridized carbons (Fsp3) is 0.280. The molecule has 1 saturated heterocycles. The maximum absolute atomic E-state index is 13.1. The summed E-state index contributed by atoms with van der Waals surface area (Å²) < 4.78 is 39.3. The lowest BCUT2D eigenvalue weighted by Crippen LogP contribution is -2.33. The predicted molar refractivity (Wildman–Crippen MR) is 125 cm³/mol. The van der Waals surface area contributed by atoms with Crippen LogP contribution in [0.1, 0.15) is 30.0 Å². The van der Waals surface area contributed by atoms with Gasteiger partial charge in [0.2, 0.25) is 0 Å². The number of pyridine rings is 2. The van der Waals surface area contributed by atoms with E-state index in [9.17, 15) is 22.8 Å². The van der Waals surface area contributed by atoms with E-state index in [2.05, 4.69) is 14.9 Å². The lowest BCUT2D eigenvalue weighted by molar-refractivity contribution is -0.137. The number of amides is 3. The van der Waals surface area contributed by atoms with Crippen LogP contribution < -0.4 is 14.7 Å². The molecule has 4 heterocycles. The van der Waals surface area contributed by atoms with E-state index in [0.29, 0.717) is 18.3 Å². The van der Waals surface area contributed by atoms with Crippen molar-refractivity contribution in [3.63, 3.8) is 0 Å². The van der Waals surface area contributed by atoms with Gasteiger partial charge in [0.25, 0.3) is 5.91 Å². The maximum atomic E-state index is 13.1. The number of aryl methyl sites for hydroxylation is 2. The van der Waals surface area contributed by atoms with Crippen LogP contribution in [0, 0.1) is 0 Å². The normalized spacial score (nSPS) is 16.2. The summed E-state index contributed by atoms with van der Waals surface area (Å²) in [5.74, 6) is -0.517. The molecule has 2 aromatic heterocycles. The minimum Gasteiger partial charge on any atom is -0.341 e. The lowest BCUT2D eigenvalue weighted by Gasteiger charge is -2.33. The number of hydrogen-bond acceptors (Lipinski definition) is 5. The quantitative estimate of drug-likeness (QED) is 0.484. The minimum atomic E-state index is -4.61. The number of benzene rings is 1. The second-order valence-corrected chi connectivity index (χ2v) is 8.45. The highest BCUT2D eigenvalue weighted by Crippen LogP contribution is 2.38. The molecule has 10 heteroatoms. The molecule has 7 nitrogen and oxygen atoms in total. The monoisotopic (exact) mass is 481 g/mol. The summed E-state index contributed by atoms with van der Waals surface area (Å²) in [5.41, 5.74) is 3.52. The highest BCUT2D eigenvalue weighted by atomic mass is 19.4. The number of carbonyl (C=O) groups excluding carboxylic acids is 2. The highest BCUT2D eigenvalue weighted by Gasteiger charge is 2.40. The predicted octanol–water partition coefficient (Wildman–Crippen LogP) is 5.12. The number of rotatable bonds is 4. The van der Waals surface area contributed by atoms with Crippen LogP contribution in [0.5, 0.6) is 0 Å². The molecular weight excluding hydrogens is 459 g/mol. The van der Waals surface area contributed by atoms with Gasteiger partial charge in [-0.15, -0.1) is 0 Å². The number of nitrogens with zero attached hydrogens (tertiary/aromatic N) is 5. The third kappa shape index (κ3) is 4.09. The fourth-order valence-corrected chi connectivity index (χ4v) is 4.62. The number of hydrogen-bond donors (Lipinski definition) is 0. The van der Waals surface area contributed by atoms with Gasteiger partial charge in [-0.1, -0.05) is 6.92 Å². The Kier molecular flexibility index (Phi) is 5.66. The van der Waals surface area contributed by atoms with Crippen LogP contribution in [-0.2, 0) is 23.8 Å². The van der Waals surface area contributed by atoms with Gasteiger partial charge < -0.3 is 4.90 Å². The molecule has 0 bridgehead atoms. The molecule has 1 aromatic carbocycles. The van der Waals surface area contributed by atoms with Gasteiger partial charge in [-0.25, -0.2) is 9.69 Å². The molecule has 180 valence electrons. The van der Waals surface area contributed by atoms with E-state index >= 15 is 0 Å². The Morgan fingerprint density at radius 2 is 1.77 bits per heavy atom. The molecule has 2 aliphatic rings. The van der Waals surface area contributed by atoms with Crippen LogP contribution in [0.25, 0.3) is 0 Å². The van der Waals surface area contributed by atoms with Gasteiger partial charge in [-0.05, 0) is 60.7 Å². The Hall–Kier alpha value is -3.95. The first-order chi connectivity index (χ1) is 16.8. The van der Waals surface area contributed by atoms with Gasteiger partial charge in [-0.2, -0.15) is 13.2 Å². The molecule has 0 atom stereocenters. The molecule has 0 aliphatic carbocycles. The lowest BCUT2D eigenvalue weighted by atomic mass is 10.0. The summed E-state index contributed by atoms with van der Waals surface area (Å²) in [6.45, 7) is 2.47. The van der Waals surface area contributed by atoms with Gasteiger partial charge in [0, 0.05) is 36.5 Å².